The molecule has 6 heteroatoms. The maximum Gasteiger partial charge on any atom is 0.324 e. The lowest BCUT2D eigenvalue weighted by Crippen LogP contribution is -2.42. The first kappa shape index (κ1) is 11.9. The molecule has 0 spiro atoms. The summed E-state index contributed by atoms with van der Waals surface area (Å²) < 4.78 is 21.4. The summed E-state index contributed by atoms with van der Waals surface area (Å²) in [5.41, 5.74) is -1.24. The van der Waals surface area contributed by atoms with Gasteiger partial charge in [0.15, 0.2) is 11.2 Å². The lowest BCUT2D eigenvalue weighted by molar-refractivity contribution is -0.180. The standard InChI is InChI=1S/C12H16O6/c1-11(2)17-7-4-12(9(13)15-3)6(8(7)18-11)5-16-10(12)14/h6-8H,4-5H2,1-3H3/t6-,7-,8+,12+/m1/s1. The number of rotatable bonds is 1. The highest BCUT2D eigenvalue weighted by Gasteiger charge is 2.71. The topological polar surface area (TPSA) is 71.1 Å². The van der Waals surface area contributed by atoms with Crippen molar-refractivity contribution in [3.63, 3.8) is 0 Å². The third kappa shape index (κ3) is 1.30. The van der Waals surface area contributed by atoms with Crippen LogP contribution in [0.1, 0.15) is 20.3 Å². The van der Waals surface area contributed by atoms with Gasteiger partial charge in [0.05, 0.1) is 25.9 Å². The fourth-order valence-corrected chi connectivity index (χ4v) is 3.38. The van der Waals surface area contributed by atoms with Crippen LogP contribution in [0.2, 0.25) is 0 Å². The van der Waals surface area contributed by atoms with Crippen LogP contribution < -0.4 is 0 Å². The number of cyclic esters (lactones) is 1. The van der Waals surface area contributed by atoms with Crippen molar-refractivity contribution in [3.8, 4) is 0 Å². The molecule has 2 aliphatic heterocycles. The summed E-state index contributed by atoms with van der Waals surface area (Å²) >= 11 is 0. The molecule has 0 N–H and O–H groups in total. The van der Waals surface area contributed by atoms with Gasteiger partial charge in [-0.2, -0.15) is 0 Å². The monoisotopic (exact) mass is 256 g/mol. The van der Waals surface area contributed by atoms with E-state index < -0.39 is 23.1 Å². The van der Waals surface area contributed by atoms with Crippen molar-refractivity contribution in [3.05, 3.63) is 0 Å². The van der Waals surface area contributed by atoms with Gasteiger partial charge >= 0.3 is 11.9 Å². The minimum atomic E-state index is -1.24. The molecular weight excluding hydrogens is 240 g/mol. The number of hydrogen-bond donors (Lipinski definition) is 0. The molecular formula is C12H16O6. The number of fused-ring (bicyclic) bond motifs is 3. The molecule has 4 atom stereocenters. The first-order chi connectivity index (χ1) is 8.40. The largest absolute Gasteiger partial charge is 0.468 e. The minimum absolute atomic E-state index is 0.189. The van der Waals surface area contributed by atoms with Gasteiger partial charge in [-0.25, -0.2) is 0 Å². The summed E-state index contributed by atoms with van der Waals surface area (Å²) in [6, 6.07) is 0. The fourth-order valence-electron chi connectivity index (χ4n) is 3.38. The normalized spacial score (nSPS) is 44.4. The first-order valence-corrected chi connectivity index (χ1v) is 6.02. The van der Waals surface area contributed by atoms with Crippen molar-refractivity contribution in [1.29, 1.82) is 0 Å². The van der Waals surface area contributed by atoms with E-state index in [1.165, 1.54) is 7.11 Å². The average Bonchev–Trinajstić information content (AvgIpc) is 2.85. The van der Waals surface area contributed by atoms with Gasteiger partial charge in [-0.1, -0.05) is 0 Å². The average molecular weight is 256 g/mol. The van der Waals surface area contributed by atoms with Crippen LogP contribution in [0.15, 0.2) is 0 Å². The highest BCUT2D eigenvalue weighted by Crippen LogP contribution is 2.55. The van der Waals surface area contributed by atoms with E-state index >= 15 is 0 Å². The summed E-state index contributed by atoms with van der Waals surface area (Å²) in [6.07, 6.45) is -0.264. The maximum atomic E-state index is 12.0. The Bertz CT molecular complexity index is 417. The lowest BCUT2D eigenvalue weighted by Gasteiger charge is -2.26. The molecule has 0 unspecified atom stereocenters. The van der Waals surface area contributed by atoms with E-state index in [4.69, 9.17) is 18.9 Å². The van der Waals surface area contributed by atoms with Gasteiger partial charge in [-0.05, 0) is 13.8 Å². The second-order valence-corrected chi connectivity index (χ2v) is 5.51. The second-order valence-electron chi connectivity index (χ2n) is 5.51. The lowest BCUT2D eigenvalue weighted by atomic mass is 9.79. The molecule has 1 saturated carbocycles. The van der Waals surface area contributed by atoms with Crippen LogP contribution in [-0.4, -0.2) is 43.7 Å². The van der Waals surface area contributed by atoms with Gasteiger partial charge in [-0.3, -0.25) is 9.59 Å². The number of carbonyl (C=O) groups is 2. The SMILES string of the molecule is COC(=O)[C@]12C[C@H]3OC(C)(C)O[C@H]3[C@H]1COC2=O. The van der Waals surface area contributed by atoms with Crippen molar-refractivity contribution in [2.24, 2.45) is 11.3 Å². The quantitative estimate of drug-likeness (QED) is 0.494. The van der Waals surface area contributed by atoms with E-state index in [1.807, 2.05) is 13.8 Å². The predicted molar refractivity (Wildman–Crippen MR) is 57.3 cm³/mol. The number of hydrogen-bond acceptors (Lipinski definition) is 6. The molecule has 1 aliphatic carbocycles. The van der Waals surface area contributed by atoms with Crippen LogP contribution in [0.25, 0.3) is 0 Å². The molecule has 3 fully saturated rings. The molecule has 0 amide bonds. The second kappa shape index (κ2) is 3.45. The highest BCUT2D eigenvalue weighted by atomic mass is 16.8. The summed E-state index contributed by atoms with van der Waals surface area (Å²) in [5.74, 6) is -2.05. The zero-order valence-corrected chi connectivity index (χ0v) is 10.6. The Morgan fingerprint density at radius 1 is 1.39 bits per heavy atom. The Morgan fingerprint density at radius 3 is 2.78 bits per heavy atom. The first-order valence-electron chi connectivity index (χ1n) is 6.02. The molecule has 6 nitrogen and oxygen atoms in total. The Kier molecular flexibility index (Phi) is 2.29. The molecule has 2 saturated heterocycles. The molecule has 3 rings (SSSR count). The number of ether oxygens (including phenoxy) is 4. The van der Waals surface area contributed by atoms with Gasteiger partial charge in [0.25, 0.3) is 0 Å². The van der Waals surface area contributed by atoms with Crippen molar-refractivity contribution in [2.45, 2.75) is 38.3 Å². The van der Waals surface area contributed by atoms with E-state index in [0.29, 0.717) is 0 Å². The van der Waals surface area contributed by atoms with Crippen molar-refractivity contribution in [1.82, 2.24) is 0 Å². The Hall–Kier alpha value is -1.14. The Balaban J connectivity index is 1.96. The number of methoxy groups -OCH3 is 1. The highest BCUT2D eigenvalue weighted by molar-refractivity contribution is 6.02. The van der Waals surface area contributed by atoms with E-state index in [9.17, 15) is 9.59 Å². The van der Waals surface area contributed by atoms with Crippen LogP contribution >= 0.6 is 0 Å². The minimum Gasteiger partial charge on any atom is -0.468 e. The van der Waals surface area contributed by atoms with Gasteiger partial charge in [0.1, 0.15) is 0 Å². The molecule has 0 aromatic heterocycles. The van der Waals surface area contributed by atoms with Gasteiger partial charge in [0.2, 0.25) is 0 Å². The molecule has 0 aromatic carbocycles. The number of esters is 2. The van der Waals surface area contributed by atoms with E-state index in [1.54, 1.807) is 0 Å². The maximum absolute atomic E-state index is 12.0. The molecule has 18 heavy (non-hydrogen) atoms. The number of carbonyl (C=O) groups excluding carboxylic acids is 2. The molecule has 3 aliphatic rings. The van der Waals surface area contributed by atoms with Crippen LogP contribution in [0.5, 0.6) is 0 Å². The molecule has 0 aromatic rings. The Morgan fingerprint density at radius 2 is 2.11 bits per heavy atom. The molecule has 0 bridgehead atoms. The summed E-state index contributed by atoms with van der Waals surface area (Å²) in [6.45, 7) is 3.83. The molecule has 2 heterocycles. The van der Waals surface area contributed by atoms with E-state index in [2.05, 4.69) is 0 Å². The molecule has 100 valence electrons. The molecule has 0 radical (unpaired) electrons. The van der Waals surface area contributed by atoms with Crippen LogP contribution in [0.3, 0.4) is 0 Å². The fraction of sp³-hybridized carbons (Fsp3) is 0.833. The van der Waals surface area contributed by atoms with Crippen molar-refractivity contribution >= 4 is 11.9 Å². The summed E-state index contributed by atoms with van der Waals surface area (Å²) in [5, 5.41) is 0. The van der Waals surface area contributed by atoms with Gasteiger partial charge < -0.3 is 18.9 Å². The van der Waals surface area contributed by atoms with Crippen molar-refractivity contribution < 1.29 is 28.5 Å². The summed E-state index contributed by atoms with van der Waals surface area (Å²) in [4.78, 5) is 23.9. The van der Waals surface area contributed by atoms with E-state index in [0.717, 1.165) is 0 Å². The van der Waals surface area contributed by atoms with Crippen LogP contribution in [0.4, 0.5) is 0 Å². The van der Waals surface area contributed by atoms with E-state index in [-0.39, 0.29) is 31.2 Å². The van der Waals surface area contributed by atoms with Gasteiger partial charge in [-0.15, -0.1) is 0 Å². The van der Waals surface area contributed by atoms with Crippen LogP contribution in [0, 0.1) is 11.3 Å². The van der Waals surface area contributed by atoms with Crippen LogP contribution in [-0.2, 0) is 28.5 Å². The smallest absolute Gasteiger partial charge is 0.324 e. The van der Waals surface area contributed by atoms with Crippen molar-refractivity contribution in [2.75, 3.05) is 13.7 Å². The zero-order valence-electron chi connectivity index (χ0n) is 10.6. The Labute approximate surface area is 105 Å². The predicted octanol–water partition coefficient (Wildman–Crippen LogP) is 0.243. The third-order valence-corrected chi connectivity index (χ3v) is 4.08. The summed E-state index contributed by atoms with van der Waals surface area (Å²) in [7, 11) is 1.28. The zero-order chi connectivity index (χ0) is 13.1. The third-order valence-electron chi connectivity index (χ3n) is 4.08. The van der Waals surface area contributed by atoms with Gasteiger partial charge in [0, 0.05) is 12.3 Å².